The SMILES string of the molecule is O=C(NC1CCCN(c2ccnc3cnc4[nH]ccc4c23)C1)C1CC1. The molecule has 0 spiro atoms. The number of H-pyrrole nitrogens is 1. The van der Waals surface area contributed by atoms with Gasteiger partial charge in [-0.25, -0.2) is 4.98 Å². The van der Waals surface area contributed by atoms with E-state index in [4.69, 9.17) is 0 Å². The number of carbonyl (C=O) groups is 1. The van der Waals surface area contributed by atoms with Gasteiger partial charge in [-0.2, -0.15) is 0 Å². The first-order valence-electron chi connectivity index (χ1n) is 9.06. The lowest BCUT2D eigenvalue weighted by Gasteiger charge is -2.35. The number of aromatic nitrogens is 3. The average molecular weight is 335 g/mol. The van der Waals surface area contributed by atoms with Gasteiger partial charge in [-0.15, -0.1) is 0 Å². The maximum Gasteiger partial charge on any atom is 0.223 e. The molecule has 128 valence electrons. The van der Waals surface area contributed by atoms with Gasteiger partial charge in [0, 0.05) is 53.9 Å². The molecule has 1 saturated carbocycles. The van der Waals surface area contributed by atoms with Crippen LogP contribution in [0, 0.1) is 5.92 Å². The van der Waals surface area contributed by atoms with Crippen molar-refractivity contribution in [3.8, 4) is 0 Å². The monoisotopic (exact) mass is 335 g/mol. The van der Waals surface area contributed by atoms with E-state index in [1.807, 2.05) is 18.6 Å². The summed E-state index contributed by atoms with van der Waals surface area (Å²) in [6, 6.07) is 4.38. The van der Waals surface area contributed by atoms with Gasteiger partial charge in [0.1, 0.15) is 5.65 Å². The fraction of sp³-hybridized carbons (Fsp3) is 0.421. The second-order valence-corrected chi connectivity index (χ2v) is 7.16. The molecule has 5 rings (SSSR count). The molecular formula is C19H21N5O. The summed E-state index contributed by atoms with van der Waals surface area (Å²) in [4.78, 5) is 26.6. The van der Waals surface area contributed by atoms with Crippen molar-refractivity contribution in [2.45, 2.75) is 31.7 Å². The maximum atomic E-state index is 12.1. The van der Waals surface area contributed by atoms with Crippen LogP contribution in [0.5, 0.6) is 0 Å². The van der Waals surface area contributed by atoms with Crippen LogP contribution in [0.2, 0.25) is 0 Å². The maximum absolute atomic E-state index is 12.1. The van der Waals surface area contributed by atoms with E-state index >= 15 is 0 Å². The lowest BCUT2D eigenvalue weighted by molar-refractivity contribution is -0.123. The van der Waals surface area contributed by atoms with Gasteiger partial charge in [-0.1, -0.05) is 0 Å². The fourth-order valence-electron chi connectivity index (χ4n) is 3.88. The number of nitrogens with zero attached hydrogens (tertiary/aromatic N) is 3. The predicted molar refractivity (Wildman–Crippen MR) is 97.5 cm³/mol. The normalized spacial score (nSPS) is 21.0. The van der Waals surface area contributed by atoms with E-state index in [1.165, 1.54) is 5.69 Å². The van der Waals surface area contributed by atoms with Crippen LogP contribution >= 0.6 is 0 Å². The van der Waals surface area contributed by atoms with Gasteiger partial charge in [0.2, 0.25) is 5.91 Å². The first-order chi connectivity index (χ1) is 12.3. The zero-order valence-corrected chi connectivity index (χ0v) is 14.0. The third kappa shape index (κ3) is 2.62. The summed E-state index contributed by atoms with van der Waals surface area (Å²) in [7, 11) is 0. The Balaban J connectivity index is 1.49. The summed E-state index contributed by atoms with van der Waals surface area (Å²) in [6.45, 7) is 1.86. The second-order valence-electron chi connectivity index (χ2n) is 7.16. The Hall–Kier alpha value is -2.63. The Kier molecular flexibility index (Phi) is 3.36. The highest BCUT2D eigenvalue weighted by atomic mass is 16.2. The zero-order valence-electron chi connectivity index (χ0n) is 14.0. The third-order valence-corrected chi connectivity index (χ3v) is 5.33. The number of aromatic amines is 1. The van der Waals surface area contributed by atoms with Crippen molar-refractivity contribution < 1.29 is 4.79 Å². The molecule has 0 aromatic carbocycles. The molecule has 1 unspecified atom stereocenters. The van der Waals surface area contributed by atoms with Gasteiger partial charge < -0.3 is 15.2 Å². The van der Waals surface area contributed by atoms with E-state index in [9.17, 15) is 4.79 Å². The highest BCUT2D eigenvalue weighted by Gasteiger charge is 2.32. The molecular weight excluding hydrogens is 314 g/mol. The minimum atomic E-state index is 0.230. The van der Waals surface area contributed by atoms with Crippen LogP contribution in [0.3, 0.4) is 0 Å². The van der Waals surface area contributed by atoms with Crippen LogP contribution in [0.1, 0.15) is 25.7 Å². The first kappa shape index (κ1) is 14.7. The van der Waals surface area contributed by atoms with Crippen LogP contribution in [0.15, 0.2) is 30.7 Å². The Labute approximate surface area is 145 Å². The molecule has 2 fully saturated rings. The number of nitrogens with one attached hydrogen (secondary N) is 2. The summed E-state index contributed by atoms with van der Waals surface area (Å²) < 4.78 is 0. The lowest BCUT2D eigenvalue weighted by Crippen LogP contribution is -2.48. The number of piperidine rings is 1. The van der Waals surface area contributed by atoms with Crippen LogP contribution in [-0.2, 0) is 4.79 Å². The van der Waals surface area contributed by atoms with E-state index in [1.54, 1.807) is 0 Å². The van der Waals surface area contributed by atoms with Crippen molar-refractivity contribution in [1.29, 1.82) is 0 Å². The average Bonchev–Trinajstić information content (AvgIpc) is 3.38. The van der Waals surface area contributed by atoms with E-state index in [0.29, 0.717) is 0 Å². The molecule has 1 saturated heterocycles. The Morgan fingerprint density at radius 3 is 3.04 bits per heavy atom. The van der Waals surface area contributed by atoms with Crippen LogP contribution < -0.4 is 10.2 Å². The van der Waals surface area contributed by atoms with Gasteiger partial charge in [-0.3, -0.25) is 9.78 Å². The summed E-state index contributed by atoms with van der Waals surface area (Å²) in [5.41, 5.74) is 2.98. The minimum Gasteiger partial charge on any atom is -0.369 e. The van der Waals surface area contributed by atoms with Crippen LogP contribution in [0.25, 0.3) is 21.9 Å². The van der Waals surface area contributed by atoms with Crippen LogP contribution in [-0.4, -0.2) is 40.0 Å². The molecule has 6 heteroatoms. The third-order valence-electron chi connectivity index (χ3n) is 5.33. The highest BCUT2D eigenvalue weighted by Crippen LogP contribution is 2.33. The topological polar surface area (TPSA) is 73.9 Å². The largest absolute Gasteiger partial charge is 0.369 e. The number of rotatable bonds is 3. The van der Waals surface area contributed by atoms with E-state index in [2.05, 4.69) is 37.3 Å². The molecule has 0 radical (unpaired) electrons. The molecule has 25 heavy (non-hydrogen) atoms. The number of hydrogen-bond donors (Lipinski definition) is 2. The van der Waals surface area contributed by atoms with Gasteiger partial charge in [-0.05, 0) is 37.8 Å². The number of hydrogen-bond acceptors (Lipinski definition) is 4. The smallest absolute Gasteiger partial charge is 0.223 e. The lowest BCUT2D eigenvalue weighted by atomic mass is 10.0. The van der Waals surface area contributed by atoms with Gasteiger partial charge >= 0.3 is 0 Å². The van der Waals surface area contributed by atoms with Gasteiger partial charge in [0.05, 0.1) is 11.7 Å². The van der Waals surface area contributed by atoms with E-state index in [-0.39, 0.29) is 17.9 Å². The molecule has 0 bridgehead atoms. The van der Waals surface area contributed by atoms with Crippen LogP contribution in [0.4, 0.5) is 5.69 Å². The van der Waals surface area contributed by atoms with Crippen molar-refractivity contribution >= 4 is 33.5 Å². The molecule has 2 aliphatic rings. The molecule has 1 amide bonds. The number of fused-ring (bicyclic) bond motifs is 3. The van der Waals surface area contributed by atoms with Gasteiger partial charge in [0.25, 0.3) is 0 Å². The molecule has 1 aliphatic heterocycles. The van der Waals surface area contributed by atoms with Crippen molar-refractivity contribution in [2.24, 2.45) is 5.92 Å². The number of amides is 1. The number of anilines is 1. The summed E-state index contributed by atoms with van der Waals surface area (Å²) in [6.07, 6.45) is 9.84. The van der Waals surface area contributed by atoms with Crippen molar-refractivity contribution in [2.75, 3.05) is 18.0 Å². The first-order valence-corrected chi connectivity index (χ1v) is 9.06. The molecule has 3 aromatic rings. The standard InChI is InChI=1S/C19H21N5O/c25-19(12-3-4-12)23-13-2-1-9-24(11-13)16-6-8-20-15-10-22-18-14(17(15)16)5-7-21-18/h5-8,10,12-13H,1-4,9,11H2,(H,21,22)(H,23,25). The summed E-state index contributed by atoms with van der Waals surface area (Å²) >= 11 is 0. The highest BCUT2D eigenvalue weighted by molar-refractivity contribution is 6.10. The number of pyridine rings is 2. The Morgan fingerprint density at radius 1 is 1.24 bits per heavy atom. The Bertz CT molecular complexity index is 945. The minimum absolute atomic E-state index is 0.230. The second kappa shape index (κ2) is 5.72. The molecule has 6 nitrogen and oxygen atoms in total. The molecule has 1 aliphatic carbocycles. The number of carbonyl (C=O) groups excluding carboxylic acids is 1. The van der Waals surface area contributed by atoms with Crippen molar-refractivity contribution in [1.82, 2.24) is 20.3 Å². The fourth-order valence-corrected chi connectivity index (χ4v) is 3.88. The Morgan fingerprint density at radius 2 is 2.16 bits per heavy atom. The van der Waals surface area contributed by atoms with E-state index < -0.39 is 0 Å². The molecule has 2 N–H and O–H groups in total. The molecule has 3 aromatic heterocycles. The summed E-state index contributed by atoms with van der Waals surface area (Å²) in [5, 5.41) is 5.49. The quantitative estimate of drug-likeness (QED) is 0.771. The van der Waals surface area contributed by atoms with E-state index in [0.717, 1.165) is 60.7 Å². The predicted octanol–water partition coefficient (Wildman–Crippen LogP) is 2.61. The zero-order chi connectivity index (χ0) is 16.8. The summed E-state index contributed by atoms with van der Waals surface area (Å²) in [5.74, 6) is 0.506. The van der Waals surface area contributed by atoms with Gasteiger partial charge in [0.15, 0.2) is 0 Å². The molecule has 1 atom stereocenters. The molecule has 4 heterocycles. The van der Waals surface area contributed by atoms with Crippen molar-refractivity contribution in [3.05, 3.63) is 30.7 Å². The van der Waals surface area contributed by atoms with Crippen molar-refractivity contribution in [3.63, 3.8) is 0 Å².